The molecule has 0 N–H and O–H groups in total. The van der Waals surface area contributed by atoms with Crippen molar-refractivity contribution in [2.45, 2.75) is 18.4 Å². The van der Waals surface area contributed by atoms with Crippen LogP contribution in [-0.2, 0) is 20.7 Å². The van der Waals surface area contributed by atoms with Crippen LogP contribution in [0, 0.1) is 0 Å². The molecule has 1 heterocycles. The normalized spacial score (nSPS) is 17.8. The zero-order chi connectivity index (χ0) is 18.0. The van der Waals surface area contributed by atoms with E-state index in [1.54, 1.807) is 12.2 Å². The van der Waals surface area contributed by atoms with Crippen LogP contribution in [0.1, 0.15) is 17.5 Å². The summed E-state index contributed by atoms with van der Waals surface area (Å²) in [6, 6.07) is 19.7. The Bertz CT molecular complexity index is 918. The third kappa shape index (κ3) is 2.92. The smallest absolute Gasteiger partial charge is 0.340 e. The first-order chi connectivity index (χ1) is 12.7. The molecule has 2 aliphatic rings. The minimum atomic E-state index is -0.953. The van der Waals surface area contributed by atoms with E-state index in [-0.39, 0.29) is 11.8 Å². The Balaban J connectivity index is 1.78. The van der Waals surface area contributed by atoms with E-state index >= 15 is 0 Å². The van der Waals surface area contributed by atoms with E-state index in [0.29, 0.717) is 12.0 Å². The molecule has 3 nitrogen and oxygen atoms in total. The largest absolute Gasteiger partial charge is 0.442 e. The molecule has 0 unspecified atom stereocenters. The van der Waals surface area contributed by atoms with E-state index in [4.69, 9.17) is 4.74 Å². The minimum Gasteiger partial charge on any atom is -0.442 e. The van der Waals surface area contributed by atoms with Crippen molar-refractivity contribution in [3.63, 3.8) is 0 Å². The van der Waals surface area contributed by atoms with Gasteiger partial charge < -0.3 is 4.74 Å². The van der Waals surface area contributed by atoms with Crippen molar-refractivity contribution >= 4 is 17.3 Å². The van der Waals surface area contributed by atoms with Crippen LogP contribution < -0.4 is 0 Å². The van der Waals surface area contributed by atoms with Crippen LogP contribution in [-0.4, -0.2) is 17.4 Å². The number of hydrogen-bond donors (Lipinski definition) is 0. The van der Waals surface area contributed by atoms with Crippen molar-refractivity contribution in [1.82, 2.24) is 0 Å². The SMILES string of the molecule is O=C1C=CC2(C=C1)OC(=O)C(c1ccccc1)=C2CCc1ccccc1. The average Bonchev–Trinajstić information content (AvgIpc) is 2.95. The second-order valence-corrected chi connectivity index (χ2v) is 6.46. The lowest BCUT2D eigenvalue weighted by molar-refractivity contribution is -0.139. The fraction of sp³-hybridized carbons (Fsp3) is 0.130. The third-order valence-corrected chi connectivity index (χ3v) is 4.80. The molecule has 0 saturated heterocycles. The van der Waals surface area contributed by atoms with Gasteiger partial charge in [-0.1, -0.05) is 60.7 Å². The molecule has 0 radical (unpaired) electrons. The van der Waals surface area contributed by atoms with Gasteiger partial charge in [0.1, 0.15) is 0 Å². The van der Waals surface area contributed by atoms with Gasteiger partial charge in [0.15, 0.2) is 11.4 Å². The van der Waals surface area contributed by atoms with Gasteiger partial charge in [-0.25, -0.2) is 4.79 Å². The number of esters is 1. The van der Waals surface area contributed by atoms with Crippen molar-refractivity contribution in [1.29, 1.82) is 0 Å². The Morgan fingerprint density at radius 2 is 1.38 bits per heavy atom. The molecule has 128 valence electrons. The monoisotopic (exact) mass is 342 g/mol. The number of hydrogen-bond acceptors (Lipinski definition) is 3. The zero-order valence-electron chi connectivity index (χ0n) is 14.2. The number of carbonyl (C=O) groups is 2. The summed E-state index contributed by atoms with van der Waals surface area (Å²) in [6.07, 6.45) is 7.81. The van der Waals surface area contributed by atoms with Gasteiger partial charge in [-0.05, 0) is 53.8 Å². The summed E-state index contributed by atoms with van der Waals surface area (Å²) < 4.78 is 5.77. The van der Waals surface area contributed by atoms with Gasteiger partial charge in [0, 0.05) is 0 Å². The molecule has 2 aromatic carbocycles. The van der Waals surface area contributed by atoms with Crippen molar-refractivity contribution < 1.29 is 14.3 Å². The highest BCUT2D eigenvalue weighted by atomic mass is 16.6. The summed E-state index contributed by atoms with van der Waals surface area (Å²) in [7, 11) is 0. The van der Waals surface area contributed by atoms with Crippen LogP contribution in [0.15, 0.2) is 90.5 Å². The lowest BCUT2D eigenvalue weighted by Gasteiger charge is -2.26. The Morgan fingerprint density at radius 1 is 0.769 bits per heavy atom. The van der Waals surface area contributed by atoms with E-state index in [1.165, 1.54) is 17.7 Å². The van der Waals surface area contributed by atoms with E-state index in [0.717, 1.165) is 17.6 Å². The fourth-order valence-corrected chi connectivity index (χ4v) is 3.51. The lowest BCUT2D eigenvalue weighted by atomic mass is 9.83. The molecular formula is C23H18O3. The number of benzene rings is 2. The highest BCUT2D eigenvalue weighted by molar-refractivity contribution is 6.21. The molecule has 0 saturated carbocycles. The van der Waals surface area contributed by atoms with Gasteiger partial charge in [-0.15, -0.1) is 0 Å². The highest BCUT2D eigenvalue weighted by Gasteiger charge is 2.45. The maximum Gasteiger partial charge on any atom is 0.340 e. The maximum absolute atomic E-state index is 12.7. The van der Waals surface area contributed by atoms with Crippen LogP contribution in [0.3, 0.4) is 0 Å². The zero-order valence-corrected chi connectivity index (χ0v) is 14.2. The number of ketones is 1. The molecule has 4 rings (SSSR count). The summed E-state index contributed by atoms with van der Waals surface area (Å²) in [4.78, 5) is 24.3. The molecule has 0 bridgehead atoms. The first-order valence-corrected chi connectivity index (χ1v) is 8.67. The number of aryl methyl sites for hydroxylation is 1. The predicted molar refractivity (Wildman–Crippen MR) is 100 cm³/mol. The second-order valence-electron chi connectivity index (χ2n) is 6.46. The van der Waals surface area contributed by atoms with Gasteiger partial charge in [0.05, 0.1) is 5.57 Å². The molecular weight excluding hydrogens is 324 g/mol. The average molecular weight is 342 g/mol. The van der Waals surface area contributed by atoms with Gasteiger partial charge >= 0.3 is 5.97 Å². The van der Waals surface area contributed by atoms with Crippen molar-refractivity contribution in [2.75, 3.05) is 0 Å². The van der Waals surface area contributed by atoms with Crippen LogP contribution >= 0.6 is 0 Å². The molecule has 3 heteroatoms. The molecule has 0 aromatic heterocycles. The molecule has 1 aliphatic carbocycles. The van der Waals surface area contributed by atoms with E-state index in [2.05, 4.69) is 12.1 Å². The van der Waals surface area contributed by atoms with E-state index in [9.17, 15) is 9.59 Å². The van der Waals surface area contributed by atoms with Crippen LogP contribution in [0.25, 0.3) is 5.57 Å². The van der Waals surface area contributed by atoms with Crippen LogP contribution in [0.5, 0.6) is 0 Å². The number of allylic oxidation sites excluding steroid dienone is 2. The van der Waals surface area contributed by atoms with Crippen molar-refractivity contribution in [2.24, 2.45) is 0 Å². The summed E-state index contributed by atoms with van der Waals surface area (Å²) in [5, 5.41) is 0. The van der Waals surface area contributed by atoms with Crippen LogP contribution in [0.4, 0.5) is 0 Å². The number of ether oxygens (including phenoxy) is 1. The summed E-state index contributed by atoms with van der Waals surface area (Å²) in [6.45, 7) is 0. The molecule has 1 aliphatic heterocycles. The Hall–Kier alpha value is -3.20. The first-order valence-electron chi connectivity index (χ1n) is 8.67. The molecule has 1 spiro atoms. The molecule has 26 heavy (non-hydrogen) atoms. The molecule has 0 fully saturated rings. The molecule has 0 amide bonds. The first kappa shape index (κ1) is 16.3. The topological polar surface area (TPSA) is 43.4 Å². The van der Waals surface area contributed by atoms with Gasteiger partial charge in [-0.3, -0.25) is 4.79 Å². The number of carbonyl (C=O) groups excluding carboxylic acids is 2. The standard InChI is InChI=1S/C23H18O3/c24-19-13-15-23(16-14-19)20(12-11-17-7-3-1-4-8-17)21(22(25)26-23)18-9-5-2-6-10-18/h1-10,13-16H,11-12H2. The Labute approximate surface area is 152 Å². The summed E-state index contributed by atoms with van der Waals surface area (Å²) in [5.41, 5.74) is 2.59. The second kappa shape index (κ2) is 6.60. The summed E-state index contributed by atoms with van der Waals surface area (Å²) in [5.74, 6) is -0.440. The van der Waals surface area contributed by atoms with Crippen molar-refractivity contribution in [3.05, 3.63) is 102 Å². The third-order valence-electron chi connectivity index (χ3n) is 4.80. The van der Waals surface area contributed by atoms with Crippen molar-refractivity contribution in [3.8, 4) is 0 Å². The van der Waals surface area contributed by atoms with Gasteiger partial charge in [0.2, 0.25) is 0 Å². The molecule has 2 aromatic rings. The quantitative estimate of drug-likeness (QED) is 0.787. The fourth-order valence-electron chi connectivity index (χ4n) is 3.51. The highest BCUT2D eigenvalue weighted by Crippen LogP contribution is 2.43. The van der Waals surface area contributed by atoms with Gasteiger partial charge in [0.25, 0.3) is 0 Å². The number of rotatable bonds is 4. The van der Waals surface area contributed by atoms with Crippen LogP contribution in [0.2, 0.25) is 0 Å². The lowest BCUT2D eigenvalue weighted by Crippen LogP contribution is -2.29. The van der Waals surface area contributed by atoms with E-state index < -0.39 is 5.60 Å². The summed E-state index contributed by atoms with van der Waals surface area (Å²) >= 11 is 0. The maximum atomic E-state index is 12.7. The minimum absolute atomic E-state index is 0.0951. The molecule has 0 atom stereocenters. The van der Waals surface area contributed by atoms with E-state index in [1.807, 2.05) is 48.5 Å². The van der Waals surface area contributed by atoms with Gasteiger partial charge in [-0.2, -0.15) is 0 Å². The Kier molecular flexibility index (Phi) is 4.13. The Morgan fingerprint density at radius 3 is 2.04 bits per heavy atom. The predicted octanol–water partition coefficient (Wildman–Crippen LogP) is 4.06.